The van der Waals surface area contributed by atoms with Crippen molar-refractivity contribution in [3.8, 4) is 11.3 Å². The summed E-state index contributed by atoms with van der Waals surface area (Å²) in [5.74, 6) is 0.623. The topological polar surface area (TPSA) is 55.2 Å². The van der Waals surface area contributed by atoms with Crippen molar-refractivity contribution in [1.82, 2.24) is 14.7 Å². The Hall–Kier alpha value is -1.95. The van der Waals surface area contributed by atoms with E-state index in [1.165, 1.54) is 10.7 Å². The molecular formula is C18H20BrN3O2. The fourth-order valence-corrected chi connectivity index (χ4v) is 3.25. The van der Waals surface area contributed by atoms with E-state index in [0.717, 1.165) is 36.0 Å². The Morgan fingerprint density at radius 3 is 2.71 bits per heavy atom. The van der Waals surface area contributed by atoms with Crippen molar-refractivity contribution in [3.05, 3.63) is 51.2 Å². The van der Waals surface area contributed by atoms with Crippen LogP contribution < -0.4 is 5.56 Å². The average molecular weight is 390 g/mol. The number of piperidine rings is 1. The summed E-state index contributed by atoms with van der Waals surface area (Å²) in [6, 6.07) is 10.9. The summed E-state index contributed by atoms with van der Waals surface area (Å²) in [6.07, 6.45) is 2.04. The fourth-order valence-electron chi connectivity index (χ4n) is 2.85. The van der Waals surface area contributed by atoms with Crippen LogP contribution >= 0.6 is 15.9 Å². The molecule has 126 valence electrons. The van der Waals surface area contributed by atoms with Gasteiger partial charge in [-0.05, 0) is 37.0 Å². The third-order valence-electron chi connectivity index (χ3n) is 4.41. The highest BCUT2D eigenvalue weighted by Gasteiger charge is 2.21. The number of halogens is 1. The summed E-state index contributed by atoms with van der Waals surface area (Å²) in [5, 5.41) is 4.37. The van der Waals surface area contributed by atoms with Crippen molar-refractivity contribution < 1.29 is 4.79 Å². The summed E-state index contributed by atoms with van der Waals surface area (Å²) in [6.45, 7) is 3.73. The van der Waals surface area contributed by atoms with Gasteiger partial charge < -0.3 is 4.90 Å². The molecule has 2 heterocycles. The van der Waals surface area contributed by atoms with E-state index < -0.39 is 0 Å². The van der Waals surface area contributed by atoms with Gasteiger partial charge in [0, 0.05) is 29.2 Å². The number of carbonyl (C=O) groups excluding carboxylic acids is 1. The van der Waals surface area contributed by atoms with Crippen LogP contribution in [0, 0.1) is 5.92 Å². The lowest BCUT2D eigenvalue weighted by atomic mass is 9.99. The second kappa shape index (κ2) is 7.30. The van der Waals surface area contributed by atoms with Crippen LogP contribution in [0.2, 0.25) is 0 Å². The Labute approximate surface area is 149 Å². The van der Waals surface area contributed by atoms with Gasteiger partial charge in [-0.25, -0.2) is 4.68 Å². The quantitative estimate of drug-likeness (QED) is 0.810. The van der Waals surface area contributed by atoms with Gasteiger partial charge in [-0.15, -0.1) is 0 Å². The number of aromatic nitrogens is 2. The van der Waals surface area contributed by atoms with Crippen molar-refractivity contribution in [2.75, 3.05) is 13.1 Å². The van der Waals surface area contributed by atoms with E-state index in [0.29, 0.717) is 11.6 Å². The van der Waals surface area contributed by atoms with Crippen LogP contribution in [0.15, 0.2) is 45.7 Å². The van der Waals surface area contributed by atoms with E-state index in [-0.39, 0.29) is 18.0 Å². The van der Waals surface area contributed by atoms with Crippen LogP contribution in [0.5, 0.6) is 0 Å². The first-order valence-corrected chi connectivity index (χ1v) is 8.94. The van der Waals surface area contributed by atoms with Gasteiger partial charge in [0.15, 0.2) is 0 Å². The first-order chi connectivity index (χ1) is 11.5. The molecule has 5 nitrogen and oxygen atoms in total. The van der Waals surface area contributed by atoms with E-state index >= 15 is 0 Å². The number of hydrogen-bond donors (Lipinski definition) is 0. The Morgan fingerprint density at radius 2 is 2.00 bits per heavy atom. The number of hydrogen-bond acceptors (Lipinski definition) is 3. The first-order valence-electron chi connectivity index (χ1n) is 8.15. The van der Waals surface area contributed by atoms with E-state index in [9.17, 15) is 9.59 Å². The fraction of sp³-hybridized carbons (Fsp3) is 0.389. The predicted molar refractivity (Wildman–Crippen MR) is 96.6 cm³/mol. The molecule has 0 spiro atoms. The minimum atomic E-state index is -0.257. The Morgan fingerprint density at radius 1 is 1.25 bits per heavy atom. The molecule has 1 saturated heterocycles. The molecule has 1 aromatic heterocycles. The van der Waals surface area contributed by atoms with Crippen LogP contribution in [0.4, 0.5) is 0 Å². The second-order valence-electron chi connectivity index (χ2n) is 6.29. The molecular weight excluding hydrogens is 370 g/mol. The molecule has 0 N–H and O–H groups in total. The molecule has 3 rings (SSSR count). The molecule has 0 bridgehead atoms. The summed E-state index contributed by atoms with van der Waals surface area (Å²) in [7, 11) is 0. The molecule has 1 fully saturated rings. The number of nitrogens with zero attached hydrogens (tertiary/aromatic N) is 3. The van der Waals surface area contributed by atoms with Crippen molar-refractivity contribution >= 4 is 21.8 Å². The second-order valence-corrected chi connectivity index (χ2v) is 7.20. The number of carbonyl (C=O) groups is 1. The van der Waals surface area contributed by atoms with Gasteiger partial charge in [0.05, 0.1) is 5.69 Å². The van der Waals surface area contributed by atoms with Crippen molar-refractivity contribution in [2.24, 2.45) is 5.92 Å². The Balaban J connectivity index is 1.79. The van der Waals surface area contributed by atoms with Gasteiger partial charge in [0.25, 0.3) is 5.56 Å². The van der Waals surface area contributed by atoms with E-state index in [4.69, 9.17) is 0 Å². The van der Waals surface area contributed by atoms with Crippen LogP contribution in [0.25, 0.3) is 11.3 Å². The summed E-state index contributed by atoms with van der Waals surface area (Å²) in [4.78, 5) is 26.3. The van der Waals surface area contributed by atoms with Crippen LogP contribution in [0.1, 0.15) is 19.8 Å². The van der Waals surface area contributed by atoms with Gasteiger partial charge in [0.2, 0.25) is 5.91 Å². The lowest BCUT2D eigenvalue weighted by Crippen LogP contribution is -2.41. The minimum Gasteiger partial charge on any atom is -0.341 e. The maximum atomic E-state index is 12.4. The zero-order chi connectivity index (χ0) is 17.1. The number of likely N-dealkylation sites (tertiary alicyclic amines) is 1. The molecule has 0 atom stereocenters. The first kappa shape index (κ1) is 16.9. The highest BCUT2D eigenvalue weighted by Crippen LogP contribution is 2.20. The summed E-state index contributed by atoms with van der Waals surface area (Å²) >= 11 is 3.43. The molecule has 1 aliphatic heterocycles. The van der Waals surface area contributed by atoms with E-state index in [1.54, 1.807) is 6.07 Å². The van der Waals surface area contributed by atoms with Crippen LogP contribution in [-0.2, 0) is 11.3 Å². The summed E-state index contributed by atoms with van der Waals surface area (Å²) in [5.41, 5.74) is 1.32. The third kappa shape index (κ3) is 3.93. The number of benzene rings is 1. The summed E-state index contributed by atoms with van der Waals surface area (Å²) < 4.78 is 2.20. The number of amides is 1. The molecule has 6 heteroatoms. The lowest BCUT2D eigenvalue weighted by molar-refractivity contribution is -0.133. The molecule has 24 heavy (non-hydrogen) atoms. The zero-order valence-electron chi connectivity index (χ0n) is 13.6. The van der Waals surface area contributed by atoms with Gasteiger partial charge in [-0.1, -0.05) is 35.0 Å². The van der Waals surface area contributed by atoms with Gasteiger partial charge >= 0.3 is 0 Å². The maximum absolute atomic E-state index is 12.4. The number of rotatable bonds is 3. The molecule has 0 aliphatic carbocycles. The van der Waals surface area contributed by atoms with Crippen molar-refractivity contribution in [3.63, 3.8) is 0 Å². The van der Waals surface area contributed by atoms with Crippen molar-refractivity contribution in [1.29, 1.82) is 0 Å². The molecule has 0 saturated carbocycles. The van der Waals surface area contributed by atoms with E-state index in [1.807, 2.05) is 29.2 Å². The Kier molecular flexibility index (Phi) is 5.14. The van der Waals surface area contributed by atoms with Gasteiger partial charge in [0.1, 0.15) is 6.54 Å². The molecule has 1 aromatic carbocycles. The molecule has 0 radical (unpaired) electrons. The maximum Gasteiger partial charge on any atom is 0.267 e. The predicted octanol–water partition coefficient (Wildman–Crippen LogP) is 2.93. The van der Waals surface area contributed by atoms with Crippen LogP contribution in [-0.4, -0.2) is 33.7 Å². The standard InChI is InChI=1S/C18H20BrN3O2/c1-13-7-9-21(10-8-13)18(24)12-22-17(23)6-5-16(20-22)14-3-2-4-15(19)11-14/h2-6,11,13H,7-10,12H2,1H3. The van der Waals surface area contributed by atoms with Gasteiger partial charge in [-0.3, -0.25) is 9.59 Å². The van der Waals surface area contributed by atoms with Crippen molar-refractivity contribution in [2.45, 2.75) is 26.3 Å². The monoisotopic (exact) mass is 389 g/mol. The average Bonchev–Trinajstić information content (AvgIpc) is 2.57. The molecule has 1 aliphatic rings. The molecule has 2 aromatic rings. The largest absolute Gasteiger partial charge is 0.341 e. The smallest absolute Gasteiger partial charge is 0.267 e. The highest BCUT2D eigenvalue weighted by molar-refractivity contribution is 9.10. The Bertz CT molecular complexity index is 795. The molecule has 1 amide bonds. The lowest BCUT2D eigenvalue weighted by Gasteiger charge is -2.30. The highest BCUT2D eigenvalue weighted by atomic mass is 79.9. The SMILES string of the molecule is CC1CCN(C(=O)Cn2nc(-c3cccc(Br)c3)ccc2=O)CC1. The molecule has 0 unspecified atom stereocenters. The van der Waals surface area contributed by atoms with Crippen LogP contribution in [0.3, 0.4) is 0 Å². The van der Waals surface area contributed by atoms with E-state index in [2.05, 4.69) is 28.0 Å². The minimum absolute atomic E-state index is 0.00490. The van der Waals surface area contributed by atoms with Gasteiger partial charge in [-0.2, -0.15) is 5.10 Å². The normalized spacial score (nSPS) is 15.5. The zero-order valence-corrected chi connectivity index (χ0v) is 15.2. The third-order valence-corrected chi connectivity index (χ3v) is 4.90.